The molecule has 0 aliphatic carbocycles. The molecular weight excluding hydrogens is 193 g/mol. The van der Waals surface area contributed by atoms with Gasteiger partial charge < -0.3 is 10.5 Å². The first-order chi connectivity index (χ1) is 6.20. The molecule has 0 spiro atoms. The van der Waals surface area contributed by atoms with Gasteiger partial charge in [0.25, 0.3) is 0 Å². The molecule has 0 bridgehead atoms. The fourth-order valence-corrected chi connectivity index (χ4v) is 1.37. The van der Waals surface area contributed by atoms with Crippen molar-refractivity contribution in [1.29, 1.82) is 0 Å². The zero-order valence-electron chi connectivity index (χ0n) is 7.26. The fraction of sp³-hybridized carbons (Fsp3) is 0.333. The zero-order chi connectivity index (χ0) is 9.84. The van der Waals surface area contributed by atoms with E-state index in [1.54, 1.807) is 18.2 Å². The lowest BCUT2D eigenvalue weighted by Gasteiger charge is -2.11. The summed E-state index contributed by atoms with van der Waals surface area (Å²) in [5.41, 5.74) is 5.60. The number of hydrogen-bond acceptors (Lipinski definition) is 2. The van der Waals surface area contributed by atoms with E-state index in [-0.39, 0.29) is 6.54 Å². The molecule has 2 nitrogen and oxygen atoms in total. The number of nitrogens with two attached hydrogens (primary N) is 1. The standard InChI is InChI=1S/C9H11ClFNO/c1-13-9-6(8(11)5-12)3-2-4-7(9)10/h2-4,8H,5,12H2,1H3. The van der Waals surface area contributed by atoms with Gasteiger partial charge in [0.05, 0.1) is 12.1 Å². The monoisotopic (exact) mass is 203 g/mol. The summed E-state index contributed by atoms with van der Waals surface area (Å²) in [6, 6.07) is 4.93. The fourth-order valence-electron chi connectivity index (χ4n) is 1.11. The highest BCUT2D eigenvalue weighted by molar-refractivity contribution is 6.32. The molecule has 0 fully saturated rings. The Balaban J connectivity index is 3.12. The van der Waals surface area contributed by atoms with E-state index in [9.17, 15) is 4.39 Å². The molecule has 0 aliphatic rings. The first kappa shape index (κ1) is 10.3. The van der Waals surface area contributed by atoms with Crippen LogP contribution in [0.25, 0.3) is 0 Å². The Labute approximate surface area is 81.4 Å². The Hall–Kier alpha value is -0.800. The Morgan fingerprint density at radius 2 is 2.31 bits per heavy atom. The van der Waals surface area contributed by atoms with Gasteiger partial charge in [-0.15, -0.1) is 0 Å². The minimum absolute atomic E-state index is 0.0727. The van der Waals surface area contributed by atoms with Crippen LogP contribution < -0.4 is 10.5 Å². The molecule has 13 heavy (non-hydrogen) atoms. The van der Waals surface area contributed by atoms with Crippen molar-refractivity contribution in [2.75, 3.05) is 13.7 Å². The number of hydrogen-bond donors (Lipinski definition) is 1. The summed E-state index contributed by atoms with van der Waals surface area (Å²) < 4.78 is 18.2. The normalized spacial score (nSPS) is 12.6. The average molecular weight is 204 g/mol. The summed E-state index contributed by atoms with van der Waals surface area (Å²) in [5, 5.41) is 0.399. The van der Waals surface area contributed by atoms with E-state index in [1.165, 1.54) is 7.11 Å². The topological polar surface area (TPSA) is 35.2 Å². The lowest BCUT2D eigenvalue weighted by molar-refractivity contribution is 0.331. The van der Waals surface area contributed by atoms with Crippen LogP contribution in [0.2, 0.25) is 5.02 Å². The van der Waals surface area contributed by atoms with Crippen molar-refractivity contribution in [2.45, 2.75) is 6.17 Å². The average Bonchev–Trinajstić information content (AvgIpc) is 2.16. The van der Waals surface area contributed by atoms with Crippen molar-refractivity contribution in [3.05, 3.63) is 28.8 Å². The lowest BCUT2D eigenvalue weighted by Crippen LogP contribution is -2.08. The van der Waals surface area contributed by atoms with Crippen molar-refractivity contribution in [3.8, 4) is 5.75 Å². The summed E-state index contributed by atoms with van der Waals surface area (Å²) >= 11 is 5.80. The molecule has 72 valence electrons. The summed E-state index contributed by atoms with van der Waals surface area (Å²) in [4.78, 5) is 0. The van der Waals surface area contributed by atoms with Crippen molar-refractivity contribution in [1.82, 2.24) is 0 Å². The van der Waals surface area contributed by atoms with E-state index in [0.29, 0.717) is 16.3 Å². The molecule has 1 aromatic carbocycles. The highest BCUT2D eigenvalue weighted by Gasteiger charge is 2.15. The van der Waals surface area contributed by atoms with Gasteiger partial charge in [-0.2, -0.15) is 0 Å². The maximum Gasteiger partial charge on any atom is 0.143 e. The summed E-state index contributed by atoms with van der Waals surface area (Å²) in [6.45, 7) is -0.0727. The van der Waals surface area contributed by atoms with Gasteiger partial charge in [0.15, 0.2) is 0 Å². The van der Waals surface area contributed by atoms with Crippen molar-refractivity contribution < 1.29 is 9.13 Å². The molecule has 0 aromatic heterocycles. The van der Waals surface area contributed by atoms with Gasteiger partial charge >= 0.3 is 0 Å². The molecule has 0 heterocycles. The maximum atomic E-state index is 13.2. The smallest absolute Gasteiger partial charge is 0.143 e. The largest absolute Gasteiger partial charge is 0.495 e. The number of alkyl halides is 1. The Kier molecular flexibility index (Phi) is 3.51. The second-order valence-electron chi connectivity index (χ2n) is 2.57. The van der Waals surface area contributed by atoms with Gasteiger partial charge in [0.2, 0.25) is 0 Å². The van der Waals surface area contributed by atoms with Crippen LogP contribution in [-0.2, 0) is 0 Å². The van der Waals surface area contributed by atoms with Crippen molar-refractivity contribution in [3.63, 3.8) is 0 Å². The van der Waals surface area contributed by atoms with E-state index in [4.69, 9.17) is 22.1 Å². The van der Waals surface area contributed by atoms with Crippen LogP contribution in [-0.4, -0.2) is 13.7 Å². The van der Waals surface area contributed by atoms with Gasteiger partial charge in [-0.25, -0.2) is 4.39 Å². The van der Waals surface area contributed by atoms with E-state index < -0.39 is 6.17 Å². The number of ether oxygens (including phenoxy) is 1. The SMILES string of the molecule is COc1c(Cl)cccc1C(F)CN. The summed E-state index contributed by atoms with van der Waals surface area (Å²) in [7, 11) is 1.45. The number of halogens is 2. The summed E-state index contributed by atoms with van der Waals surface area (Å²) in [6.07, 6.45) is -1.23. The predicted molar refractivity (Wildman–Crippen MR) is 50.9 cm³/mol. The van der Waals surface area contributed by atoms with Crippen LogP contribution in [0.4, 0.5) is 4.39 Å². The molecule has 4 heteroatoms. The minimum Gasteiger partial charge on any atom is -0.495 e. The molecule has 1 aromatic rings. The maximum absolute atomic E-state index is 13.2. The Morgan fingerprint density at radius 1 is 1.62 bits per heavy atom. The molecule has 0 saturated carbocycles. The highest BCUT2D eigenvalue weighted by Crippen LogP contribution is 2.33. The second-order valence-corrected chi connectivity index (χ2v) is 2.97. The van der Waals surface area contributed by atoms with Crippen LogP contribution in [0, 0.1) is 0 Å². The lowest BCUT2D eigenvalue weighted by atomic mass is 10.1. The second kappa shape index (κ2) is 4.44. The molecule has 1 rings (SSSR count). The predicted octanol–water partition coefficient (Wildman–Crippen LogP) is 2.32. The van der Waals surface area contributed by atoms with Crippen LogP contribution in [0.5, 0.6) is 5.75 Å². The van der Waals surface area contributed by atoms with Crippen LogP contribution in [0.3, 0.4) is 0 Å². The van der Waals surface area contributed by atoms with Gasteiger partial charge in [-0.3, -0.25) is 0 Å². The minimum atomic E-state index is -1.23. The molecule has 1 unspecified atom stereocenters. The number of rotatable bonds is 3. The van der Waals surface area contributed by atoms with Crippen molar-refractivity contribution in [2.24, 2.45) is 5.73 Å². The van der Waals surface area contributed by atoms with Gasteiger partial charge in [-0.1, -0.05) is 23.7 Å². The number of para-hydroxylation sites is 1. The molecule has 2 N–H and O–H groups in total. The van der Waals surface area contributed by atoms with E-state index in [2.05, 4.69) is 0 Å². The third kappa shape index (κ3) is 2.11. The molecule has 0 aliphatic heterocycles. The molecule has 0 amide bonds. The quantitative estimate of drug-likeness (QED) is 0.819. The van der Waals surface area contributed by atoms with Gasteiger partial charge in [0, 0.05) is 12.1 Å². The first-order valence-corrected chi connectivity index (χ1v) is 4.25. The van der Waals surface area contributed by atoms with E-state index >= 15 is 0 Å². The third-order valence-corrected chi connectivity index (χ3v) is 2.04. The zero-order valence-corrected chi connectivity index (χ0v) is 8.01. The molecular formula is C9H11ClFNO. The third-order valence-electron chi connectivity index (χ3n) is 1.75. The molecule has 1 atom stereocenters. The van der Waals surface area contributed by atoms with Gasteiger partial charge in [0.1, 0.15) is 11.9 Å². The van der Waals surface area contributed by atoms with Crippen LogP contribution in [0.15, 0.2) is 18.2 Å². The Morgan fingerprint density at radius 3 is 2.85 bits per heavy atom. The number of benzene rings is 1. The first-order valence-electron chi connectivity index (χ1n) is 3.87. The Bertz CT molecular complexity index is 293. The highest BCUT2D eigenvalue weighted by atomic mass is 35.5. The number of methoxy groups -OCH3 is 1. The van der Waals surface area contributed by atoms with E-state index in [0.717, 1.165) is 0 Å². The summed E-state index contributed by atoms with van der Waals surface area (Å²) in [5.74, 6) is 0.363. The van der Waals surface area contributed by atoms with Crippen LogP contribution >= 0.6 is 11.6 Å². The van der Waals surface area contributed by atoms with E-state index in [1.807, 2.05) is 0 Å². The van der Waals surface area contributed by atoms with Gasteiger partial charge in [-0.05, 0) is 6.07 Å². The van der Waals surface area contributed by atoms with Crippen molar-refractivity contribution >= 4 is 11.6 Å². The molecule has 0 radical (unpaired) electrons. The molecule has 0 saturated heterocycles. The van der Waals surface area contributed by atoms with Crippen LogP contribution in [0.1, 0.15) is 11.7 Å².